The van der Waals surface area contributed by atoms with E-state index in [0.29, 0.717) is 6.54 Å². The number of benzene rings is 1. The van der Waals surface area contributed by atoms with Gasteiger partial charge in [-0.05, 0) is 19.2 Å². The molecule has 0 N–H and O–H groups in total. The van der Waals surface area contributed by atoms with Crippen LogP contribution in [0.4, 0.5) is 0 Å². The Labute approximate surface area is 117 Å². The predicted octanol–water partition coefficient (Wildman–Crippen LogP) is 0.962. The van der Waals surface area contributed by atoms with Gasteiger partial charge in [0.05, 0.1) is 6.42 Å². The Bertz CT molecular complexity index is 540. The highest BCUT2D eigenvalue weighted by molar-refractivity contribution is 6.52. The lowest BCUT2D eigenvalue weighted by atomic mass is 9.73. The smallest absolute Gasteiger partial charge is 0.335 e. The van der Waals surface area contributed by atoms with Crippen LogP contribution in [-0.2, 0) is 25.7 Å². The first-order valence-electron chi connectivity index (χ1n) is 6.52. The average Bonchev–Trinajstić information content (AvgIpc) is 2.49. The fourth-order valence-electron chi connectivity index (χ4n) is 2.26. The largest absolute Gasteiger partial charge is 0.459 e. The second-order valence-corrected chi connectivity index (χ2v) is 4.87. The van der Waals surface area contributed by atoms with Crippen LogP contribution in [-0.4, -0.2) is 41.6 Å². The van der Waals surface area contributed by atoms with Crippen molar-refractivity contribution < 1.29 is 19.1 Å². The van der Waals surface area contributed by atoms with Crippen molar-refractivity contribution in [2.24, 2.45) is 0 Å². The van der Waals surface area contributed by atoms with Gasteiger partial charge in [0.15, 0.2) is 5.54 Å². The Morgan fingerprint density at radius 2 is 1.95 bits per heavy atom. The summed E-state index contributed by atoms with van der Waals surface area (Å²) in [5.41, 5.74) is -0.575. The molecule has 0 bridgehead atoms. The Morgan fingerprint density at radius 1 is 1.30 bits per heavy atom. The van der Waals surface area contributed by atoms with Crippen molar-refractivity contribution in [2.45, 2.75) is 25.5 Å². The number of carbonyl (C=O) groups excluding carboxylic acids is 3. The summed E-state index contributed by atoms with van der Waals surface area (Å²) >= 11 is 0. The van der Waals surface area contributed by atoms with Gasteiger partial charge in [-0.15, -0.1) is 0 Å². The molecule has 20 heavy (non-hydrogen) atoms. The fourth-order valence-corrected chi connectivity index (χ4v) is 2.26. The third kappa shape index (κ3) is 2.25. The molecule has 2 rings (SSSR count). The summed E-state index contributed by atoms with van der Waals surface area (Å²) in [6.07, 6.45) is -0.0935. The highest BCUT2D eigenvalue weighted by Crippen LogP contribution is 2.32. The maximum atomic E-state index is 12.2. The lowest BCUT2D eigenvalue weighted by Crippen LogP contribution is -2.69. The summed E-state index contributed by atoms with van der Waals surface area (Å²) < 4.78 is 5.22. The van der Waals surface area contributed by atoms with E-state index < -0.39 is 23.1 Å². The lowest BCUT2D eigenvalue weighted by Gasteiger charge is -2.42. The minimum atomic E-state index is -1.42. The Balaban J connectivity index is 2.09. The number of Topliss-reactive ketones (excluding diaryl/α,β-unsaturated/α-hetero) is 2. The zero-order valence-corrected chi connectivity index (χ0v) is 11.6. The molecule has 1 aliphatic carbocycles. The highest BCUT2D eigenvalue weighted by atomic mass is 16.5. The highest BCUT2D eigenvalue weighted by Gasteiger charge is 2.62. The molecule has 5 nitrogen and oxygen atoms in total. The second-order valence-electron chi connectivity index (χ2n) is 4.87. The van der Waals surface area contributed by atoms with Crippen molar-refractivity contribution in [1.82, 2.24) is 4.90 Å². The number of carbonyl (C=O) groups is 3. The zero-order valence-electron chi connectivity index (χ0n) is 11.6. The molecule has 1 atom stereocenters. The molecule has 0 saturated heterocycles. The SMILES string of the molecule is CCN(C)[C@@]1(C(=O)OCc2ccccc2)CC(=O)C1=O. The number of esters is 1. The molecule has 1 aromatic carbocycles. The number of nitrogens with zero attached hydrogens (tertiary/aromatic N) is 1. The first kappa shape index (κ1) is 14.4. The molecule has 0 aromatic heterocycles. The van der Waals surface area contributed by atoms with Crippen LogP contribution < -0.4 is 0 Å². The summed E-state index contributed by atoms with van der Waals surface area (Å²) in [6.45, 7) is 2.40. The van der Waals surface area contributed by atoms with Crippen molar-refractivity contribution >= 4 is 17.5 Å². The summed E-state index contributed by atoms with van der Waals surface area (Å²) in [5, 5.41) is 0. The van der Waals surface area contributed by atoms with Crippen LogP contribution in [0.1, 0.15) is 18.9 Å². The first-order valence-corrected chi connectivity index (χ1v) is 6.52. The van der Waals surface area contributed by atoms with Gasteiger partial charge in [-0.3, -0.25) is 14.5 Å². The van der Waals surface area contributed by atoms with Gasteiger partial charge in [-0.25, -0.2) is 4.79 Å². The van der Waals surface area contributed by atoms with Crippen molar-refractivity contribution in [3.05, 3.63) is 35.9 Å². The summed E-state index contributed by atoms with van der Waals surface area (Å²) in [4.78, 5) is 36.9. The van der Waals surface area contributed by atoms with Gasteiger partial charge in [0.1, 0.15) is 6.61 Å². The van der Waals surface area contributed by atoms with E-state index in [9.17, 15) is 14.4 Å². The number of rotatable bonds is 5. The van der Waals surface area contributed by atoms with E-state index in [2.05, 4.69) is 0 Å². The summed E-state index contributed by atoms with van der Waals surface area (Å²) in [5.74, 6) is -1.82. The average molecular weight is 275 g/mol. The molecular weight excluding hydrogens is 258 g/mol. The molecule has 1 aromatic rings. The third-order valence-corrected chi connectivity index (χ3v) is 3.72. The van der Waals surface area contributed by atoms with Gasteiger partial charge in [-0.2, -0.15) is 0 Å². The quantitative estimate of drug-likeness (QED) is 0.455. The minimum absolute atomic E-state index is 0.0935. The molecule has 0 radical (unpaired) electrons. The molecule has 0 spiro atoms. The van der Waals surface area contributed by atoms with E-state index in [1.807, 2.05) is 37.3 Å². The predicted molar refractivity (Wildman–Crippen MR) is 71.9 cm³/mol. The van der Waals surface area contributed by atoms with Gasteiger partial charge in [-0.1, -0.05) is 37.3 Å². The molecule has 0 aliphatic heterocycles. The van der Waals surface area contributed by atoms with Gasteiger partial charge in [0.25, 0.3) is 0 Å². The number of ether oxygens (including phenoxy) is 1. The minimum Gasteiger partial charge on any atom is -0.459 e. The molecule has 0 amide bonds. The van der Waals surface area contributed by atoms with E-state index >= 15 is 0 Å². The molecule has 5 heteroatoms. The van der Waals surface area contributed by atoms with Gasteiger partial charge < -0.3 is 4.74 Å². The van der Waals surface area contributed by atoms with Crippen LogP contribution in [0.2, 0.25) is 0 Å². The molecule has 0 unspecified atom stereocenters. The Kier molecular flexibility index (Phi) is 3.99. The maximum absolute atomic E-state index is 12.2. The maximum Gasteiger partial charge on any atom is 0.335 e. The van der Waals surface area contributed by atoms with Crippen LogP contribution in [0.5, 0.6) is 0 Å². The number of likely N-dealkylation sites (N-methyl/N-ethyl adjacent to an activating group) is 1. The van der Waals surface area contributed by atoms with Crippen molar-refractivity contribution in [2.75, 3.05) is 13.6 Å². The van der Waals surface area contributed by atoms with Gasteiger partial charge in [0, 0.05) is 0 Å². The zero-order chi connectivity index (χ0) is 14.8. The normalized spacial score (nSPS) is 21.8. The Morgan fingerprint density at radius 3 is 2.45 bits per heavy atom. The summed E-state index contributed by atoms with van der Waals surface area (Å²) in [6, 6.07) is 9.21. The number of hydrogen-bond donors (Lipinski definition) is 0. The molecule has 106 valence electrons. The third-order valence-electron chi connectivity index (χ3n) is 3.72. The number of ketones is 2. The molecule has 1 fully saturated rings. The van der Waals surface area contributed by atoms with Crippen LogP contribution in [0.3, 0.4) is 0 Å². The summed E-state index contributed by atoms with van der Waals surface area (Å²) in [7, 11) is 1.65. The van der Waals surface area contributed by atoms with E-state index in [1.54, 1.807) is 11.9 Å². The first-order chi connectivity index (χ1) is 9.52. The van der Waals surface area contributed by atoms with Crippen molar-refractivity contribution in [1.29, 1.82) is 0 Å². The molecule has 1 saturated carbocycles. The van der Waals surface area contributed by atoms with Crippen molar-refractivity contribution in [3.8, 4) is 0 Å². The van der Waals surface area contributed by atoms with Crippen molar-refractivity contribution in [3.63, 3.8) is 0 Å². The monoisotopic (exact) mass is 275 g/mol. The second kappa shape index (κ2) is 5.54. The lowest BCUT2D eigenvalue weighted by molar-refractivity contribution is -0.174. The van der Waals surface area contributed by atoms with E-state index in [0.717, 1.165) is 5.56 Å². The van der Waals surface area contributed by atoms with Crippen LogP contribution >= 0.6 is 0 Å². The van der Waals surface area contributed by atoms with Crippen LogP contribution in [0.15, 0.2) is 30.3 Å². The molecule has 1 aliphatic rings. The van der Waals surface area contributed by atoms with E-state index in [-0.39, 0.29) is 13.0 Å². The number of hydrogen-bond acceptors (Lipinski definition) is 5. The fraction of sp³-hybridized carbons (Fsp3) is 0.400. The van der Waals surface area contributed by atoms with Gasteiger partial charge >= 0.3 is 5.97 Å². The van der Waals surface area contributed by atoms with Gasteiger partial charge in [0.2, 0.25) is 11.6 Å². The van der Waals surface area contributed by atoms with Crippen LogP contribution in [0.25, 0.3) is 0 Å². The Hall–Kier alpha value is -2.01. The van der Waals surface area contributed by atoms with E-state index in [1.165, 1.54) is 0 Å². The van der Waals surface area contributed by atoms with E-state index in [4.69, 9.17) is 4.74 Å². The molecule has 0 heterocycles. The topological polar surface area (TPSA) is 63.7 Å². The molecular formula is C15H17NO4. The standard InChI is InChI=1S/C15H17NO4/c1-3-16(2)15(9-12(17)13(15)18)14(19)20-10-11-7-5-4-6-8-11/h4-8H,3,9-10H2,1-2H3/t15-/m0/s1. The van der Waals surface area contributed by atoms with Crippen LogP contribution in [0, 0.1) is 0 Å².